The molecule has 0 saturated heterocycles. The molecule has 0 aliphatic heterocycles. The number of hydrogen-bond acceptors (Lipinski definition) is 4. The molecule has 21 heavy (non-hydrogen) atoms. The lowest BCUT2D eigenvalue weighted by molar-refractivity contribution is 0.589. The second-order valence-corrected chi connectivity index (χ2v) is 6.94. The molecule has 2 aromatic carbocycles. The van der Waals surface area contributed by atoms with E-state index in [1.54, 1.807) is 0 Å². The predicted molar refractivity (Wildman–Crippen MR) is 91.2 cm³/mol. The van der Waals surface area contributed by atoms with Crippen LogP contribution in [0.25, 0.3) is 10.8 Å². The number of nitrogens with two attached hydrogens (primary N) is 1. The van der Waals surface area contributed by atoms with E-state index in [0.717, 1.165) is 28.3 Å². The summed E-state index contributed by atoms with van der Waals surface area (Å²) in [4.78, 5) is 0.358. The van der Waals surface area contributed by atoms with Gasteiger partial charge in [-0.15, -0.1) is 0 Å². The summed E-state index contributed by atoms with van der Waals surface area (Å²) < 4.78 is 24.5. The maximum absolute atomic E-state index is 11.0. The van der Waals surface area contributed by atoms with Gasteiger partial charge in [-0.05, 0) is 17.5 Å². The molecular weight excluding hydrogens is 306 g/mol. The van der Waals surface area contributed by atoms with Crippen LogP contribution in [0.15, 0.2) is 36.4 Å². The molecule has 0 heterocycles. The third kappa shape index (κ3) is 4.13. The van der Waals surface area contributed by atoms with Crippen LogP contribution in [0.4, 0.5) is 5.69 Å². The van der Waals surface area contributed by atoms with E-state index in [1.165, 1.54) is 0 Å². The van der Waals surface area contributed by atoms with E-state index in [9.17, 15) is 8.42 Å². The Hall–Kier alpha value is -1.70. The van der Waals surface area contributed by atoms with E-state index >= 15 is 0 Å². The van der Waals surface area contributed by atoms with Crippen molar-refractivity contribution >= 4 is 43.7 Å². The normalized spacial score (nSPS) is 11.5. The molecule has 112 valence electrons. The average molecular weight is 323 g/mol. The molecule has 0 spiro atoms. The Labute approximate surface area is 129 Å². The van der Waals surface area contributed by atoms with Crippen molar-refractivity contribution in [3.63, 3.8) is 0 Å². The van der Waals surface area contributed by atoms with Crippen molar-refractivity contribution in [1.29, 1.82) is 0 Å². The first-order chi connectivity index (χ1) is 9.88. The highest BCUT2D eigenvalue weighted by Crippen LogP contribution is 2.26. The summed E-state index contributed by atoms with van der Waals surface area (Å²) in [6, 6.07) is 11.6. The topological polar surface area (TPSA) is 84.2 Å². The highest BCUT2D eigenvalue weighted by molar-refractivity contribution is 7.88. The van der Waals surface area contributed by atoms with Crippen molar-refractivity contribution in [1.82, 2.24) is 4.72 Å². The Kier molecular flexibility index (Phi) is 4.76. The van der Waals surface area contributed by atoms with Gasteiger partial charge in [0.15, 0.2) is 0 Å². The standard InChI is InChI=1S/C14H17N3O2S2/c1-21(18,19)17-9-8-16-13-7-6-12(14(15)20)10-4-2-3-5-11(10)13/h2-7,16-17H,8-9H2,1H3,(H2,15,20). The third-order valence-corrected chi connectivity index (χ3v) is 3.94. The summed E-state index contributed by atoms with van der Waals surface area (Å²) in [6.07, 6.45) is 1.14. The van der Waals surface area contributed by atoms with Gasteiger partial charge in [-0.1, -0.05) is 36.5 Å². The van der Waals surface area contributed by atoms with E-state index in [2.05, 4.69) is 10.0 Å². The van der Waals surface area contributed by atoms with Gasteiger partial charge in [0.1, 0.15) is 4.99 Å². The lowest BCUT2D eigenvalue weighted by Crippen LogP contribution is -2.27. The molecule has 2 aromatic rings. The van der Waals surface area contributed by atoms with Gasteiger partial charge in [-0.2, -0.15) is 0 Å². The molecular formula is C14H17N3O2S2. The lowest BCUT2D eigenvalue weighted by Gasteiger charge is -2.12. The monoisotopic (exact) mass is 323 g/mol. The first-order valence-electron chi connectivity index (χ1n) is 6.38. The zero-order chi connectivity index (χ0) is 15.5. The third-order valence-electron chi connectivity index (χ3n) is 2.99. The second kappa shape index (κ2) is 6.38. The van der Waals surface area contributed by atoms with Crippen LogP contribution in [0, 0.1) is 0 Å². The summed E-state index contributed by atoms with van der Waals surface area (Å²) in [5.41, 5.74) is 7.48. The van der Waals surface area contributed by atoms with Gasteiger partial charge in [0.2, 0.25) is 10.0 Å². The molecule has 0 aliphatic carbocycles. The molecule has 4 N–H and O–H groups in total. The molecule has 0 bridgehead atoms. The average Bonchev–Trinajstić information content (AvgIpc) is 2.42. The van der Waals surface area contributed by atoms with Gasteiger partial charge in [0.05, 0.1) is 6.26 Å². The molecule has 2 rings (SSSR count). The fourth-order valence-corrected chi connectivity index (χ4v) is 2.75. The molecule has 7 heteroatoms. The number of anilines is 1. The summed E-state index contributed by atoms with van der Waals surface area (Å²) in [5, 5.41) is 5.20. The second-order valence-electron chi connectivity index (χ2n) is 4.66. The largest absolute Gasteiger partial charge is 0.389 e. The van der Waals surface area contributed by atoms with Crippen LogP contribution < -0.4 is 15.8 Å². The van der Waals surface area contributed by atoms with Crippen LogP contribution in [0.5, 0.6) is 0 Å². The number of sulfonamides is 1. The smallest absolute Gasteiger partial charge is 0.208 e. The molecule has 0 aromatic heterocycles. The Morgan fingerprint density at radius 3 is 2.43 bits per heavy atom. The highest BCUT2D eigenvalue weighted by Gasteiger charge is 2.07. The first kappa shape index (κ1) is 15.7. The van der Waals surface area contributed by atoms with Crippen LogP contribution in [-0.4, -0.2) is 32.8 Å². The maximum atomic E-state index is 11.0. The van der Waals surface area contributed by atoms with E-state index in [1.807, 2.05) is 36.4 Å². The number of benzene rings is 2. The van der Waals surface area contributed by atoms with Crippen molar-refractivity contribution in [3.8, 4) is 0 Å². The quantitative estimate of drug-likeness (QED) is 0.553. The molecule has 0 radical (unpaired) electrons. The molecule has 0 unspecified atom stereocenters. The number of rotatable bonds is 6. The number of thiocarbonyl (C=S) groups is 1. The van der Waals surface area contributed by atoms with Crippen molar-refractivity contribution < 1.29 is 8.42 Å². The number of hydrogen-bond donors (Lipinski definition) is 3. The van der Waals surface area contributed by atoms with Crippen molar-refractivity contribution in [2.24, 2.45) is 5.73 Å². The molecule has 0 atom stereocenters. The predicted octanol–water partition coefficient (Wildman–Crippen LogP) is 1.44. The van der Waals surface area contributed by atoms with Gasteiger partial charge >= 0.3 is 0 Å². The number of nitrogens with one attached hydrogen (secondary N) is 2. The highest BCUT2D eigenvalue weighted by atomic mass is 32.2. The van der Waals surface area contributed by atoms with Gasteiger partial charge in [0.25, 0.3) is 0 Å². The lowest BCUT2D eigenvalue weighted by atomic mass is 10.0. The van der Waals surface area contributed by atoms with E-state index in [4.69, 9.17) is 18.0 Å². The summed E-state index contributed by atoms with van der Waals surface area (Å²) in [7, 11) is -3.16. The van der Waals surface area contributed by atoms with Crippen molar-refractivity contribution in [2.75, 3.05) is 24.7 Å². The summed E-state index contributed by atoms with van der Waals surface area (Å²) in [6.45, 7) is 0.813. The Morgan fingerprint density at radius 1 is 1.14 bits per heavy atom. The minimum atomic E-state index is -3.16. The SMILES string of the molecule is CS(=O)(=O)NCCNc1ccc(C(N)=S)c2ccccc12. The van der Waals surface area contributed by atoms with Crippen LogP contribution in [-0.2, 0) is 10.0 Å². The Morgan fingerprint density at radius 2 is 1.81 bits per heavy atom. The molecule has 0 amide bonds. The molecule has 0 fully saturated rings. The zero-order valence-corrected chi connectivity index (χ0v) is 13.2. The van der Waals surface area contributed by atoms with E-state index in [-0.39, 0.29) is 0 Å². The minimum Gasteiger partial charge on any atom is -0.389 e. The number of fused-ring (bicyclic) bond motifs is 1. The van der Waals surface area contributed by atoms with Gasteiger partial charge in [0, 0.05) is 29.7 Å². The van der Waals surface area contributed by atoms with E-state index in [0.29, 0.717) is 18.1 Å². The first-order valence-corrected chi connectivity index (χ1v) is 8.68. The van der Waals surface area contributed by atoms with Crippen LogP contribution in [0.3, 0.4) is 0 Å². The molecule has 0 saturated carbocycles. The summed E-state index contributed by atoms with van der Waals surface area (Å²) >= 11 is 5.06. The van der Waals surface area contributed by atoms with Crippen LogP contribution >= 0.6 is 12.2 Å². The zero-order valence-electron chi connectivity index (χ0n) is 11.6. The van der Waals surface area contributed by atoms with E-state index < -0.39 is 10.0 Å². The van der Waals surface area contributed by atoms with Gasteiger partial charge < -0.3 is 11.1 Å². The van der Waals surface area contributed by atoms with Crippen LogP contribution in [0.2, 0.25) is 0 Å². The van der Waals surface area contributed by atoms with Crippen molar-refractivity contribution in [2.45, 2.75) is 0 Å². The summed E-state index contributed by atoms with van der Waals surface area (Å²) in [5.74, 6) is 0. The van der Waals surface area contributed by atoms with Crippen LogP contribution in [0.1, 0.15) is 5.56 Å². The Bertz CT molecular complexity index is 773. The fraction of sp³-hybridized carbons (Fsp3) is 0.214. The minimum absolute atomic E-state index is 0.324. The molecule has 5 nitrogen and oxygen atoms in total. The van der Waals surface area contributed by atoms with Gasteiger partial charge in [-0.3, -0.25) is 0 Å². The molecule has 0 aliphatic rings. The van der Waals surface area contributed by atoms with Crippen molar-refractivity contribution in [3.05, 3.63) is 42.0 Å². The van der Waals surface area contributed by atoms with Gasteiger partial charge in [-0.25, -0.2) is 13.1 Å². The fourth-order valence-electron chi connectivity index (χ4n) is 2.10. The maximum Gasteiger partial charge on any atom is 0.208 e. The Balaban J connectivity index is 2.22.